The maximum absolute atomic E-state index is 11.6. The van der Waals surface area contributed by atoms with Gasteiger partial charge in [-0.2, -0.15) is 0 Å². The van der Waals surface area contributed by atoms with Gasteiger partial charge in [-0.1, -0.05) is 48.5 Å². The Kier molecular flexibility index (Phi) is 3.17. The average Bonchev–Trinajstić information content (AvgIpc) is 3.07. The molecule has 0 amide bonds. The largest absolute Gasteiger partial charge is 0.457 e. The minimum absolute atomic E-state index is 0.444. The van der Waals surface area contributed by atoms with Crippen molar-refractivity contribution in [1.29, 1.82) is 0 Å². The highest BCUT2D eigenvalue weighted by Crippen LogP contribution is 2.38. The topological polar surface area (TPSA) is 59.2 Å². The molecular weight excluding hydrogens is 288 g/mol. The quantitative estimate of drug-likeness (QED) is 0.629. The van der Waals surface area contributed by atoms with Crippen molar-refractivity contribution in [2.75, 3.05) is 0 Å². The maximum atomic E-state index is 11.6. The number of rotatable bonds is 3. The van der Waals surface area contributed by atoms with Crippen LogP contribution < -0.4 is 0 Å². The van der Waals surface area contributed by atoms with E-state index >= 15 is 0 Å². The van der Waals surface area contributed by atoms with Crippen molar-refractivity contribution in [3.8, 4) is 0 Å². The molecule has 2 heterocycles. The first-order chi connectivity index (χ1) is 11.3. The molecule has 2 aromatic heterocycles. The maximum Gasteiger partial charge on any atom is 0.176 e. The van der Waals surface area contributed by atoms with Crippen LogP contribution in [0.15, 0.2) is 83.8 Å². The van der Waals surface area contributed by atoms with E-state index in [0.29, 0.717) is 16.9 Å². The standard InChI is InChI=1S/C19H14N2O2/c22-19(15-7-2-1-3-8-15,16-11-20-13-21-12-16)18-10-14-6-4-5-9-17(14)23-18/h1-13,22H. The summed E-state index contributed by atoms with van der Waals surface area (Å²) < 4.78 is 5.94. The van der Waals surface area contributed by atoms with E-state index < -0.39 is 5.60 Å². The molecule has 1 atom stereocenters. The number of fused-ring (bicyclic) bond motifs is 1. The van der Waals surface area contributed by atoms with Crippen molar-refractivity contribution >= 4 is 11.0 Å². The number of para-hydroxylation sites is 1. The molecule has 0 radical (unpaired) electrons. The predicted octanol–water partition coefficient (Wildman–Crippen LogP) is 3.51. The molecule has 23 heavy (non-hydrogen) atoms. The Bertz CT molecular complexity index is 861. The van der Waals surface area contributed by atoms with Gasteiger partial charge >= 0.3 is 0 Å². The SMILES string of the molecule is OC(c1ccccc1)(c1cncnc1)c1cc2ccccc2o1. The predicted molar refractivity (Wildman–Crippen MR) is 86.8 cm³/mol. The van der Waals surface area contributed by atoms with E-state index in [0.717, 1.165) is 11.0 Å². The van der Waals surface area contributed by atoms with Crippen molar-refractivity contribution in [2.24, 2.45) is 0 Å². The van der Waals surface area contributed by atoms with Gasteiger partial charge in [0.15, 0.2) is 5.60 Å². The summed E-state index contributed by atoms with van der Waals surface area (Å²) in [5, 5.41) is 12.5. The molecule has 4 heteroatoms. The lowest BCUT2D eigenvalue weighted by atomic mass is 9.85. The third-order valence-electron chi connectivity index (χ3n) is 3.95. The normalized spacial score (nSPS) is 13.8. The van der Waals surface area contributed by atoms with Gasteiger partial charge in [0.05, 0.1) is 0 Å². The van der Waals surface area contributed by atoms with E-state index in [9.17, 15) is 5.11 Å². The van der Waals surface area contributed by atoms with Gasteiger partial charge in [-0.15, -0.1) is 0 Å². The summed E-state index contributed by atoms with van der Waals surface area (Å²) >= 11 is 0. The summed E-state index contributed by atoms with van der Waals surface area (Å²) in [6.45, 7) is 0. The third-order valence-corrected chi connectivity index (χ3v) is 3.95. The molecule has 4 rings (SSSR count). The molecule has 4 aromatic rings. The van der Waals surface area contributed by atoms with Crippen molar-refractivity contribution < 1.29 is 9.52 Å². The molecule has 0 aliphatic rings. The highest BCUT2D eigenvalue weighted by molar-refractivity contribution is 5.78. The second-order valence-electron chi connectivity index (χ2n) is 5.35. The third kappa shape index (κ3) is 2.20. The van der Waals surface area contributed by atoms with E-state index in [2.05, 4.69) is 9.97 Å². The van der Waals surface area contributed by atoms with Gasteiger partial charge in [-0.3, -0.25) is 0 Å². The molecular formula is C19H14N2O2. The van der Waals surface area contributed by atoms with Crippen LogP contribution in [0.2, 0.25) is 0 Å². The minimum Gasteiger partial charge on any atom is -0.457 e. The fourth-order valence-corrected chi connectivity index (χ4v) is 2.78. The Balaban J connectivity index is 1.99. The van der Waals surface area contributed by atoms with Crippen LogP contribution in [0.3, 0.4) is 0 Å². The molecule has 4 nitrogen and oxygen atoms in total. The van der Waals surface area contributed by atoms with Crippen molar-refractivity contribution in [1.82, 2.24) is 9.97 Å². The van der Waals surface area contributed by atoms with Crippen LogP contribution >= 0.6 is 0 Å². The zero-order chi connectivity index (χ0) is 15.7. The Morgan fingerprint density at radius 1 is 0.826 bits per heavy atom. The summed E-state index contributed by atoms with van der Waals surface area (Å²) in [4.78, 5) is 8.09. The van der Waals surface area contributed by atoms with Crippen LogP contribution in [0.25, 0.3) is 11.0 Å². The molecule has 2 aromatic carbocycles. The van der Waals surface area contributed by atoms with Crippen molar-refractivity contribution in [3.63, 3.8) is 0 Å². The minimum atomic E-state index is -1.44. The van der Waals surface area contributed by atoms with Crippen LogP contribution in [0.4, 0.5) is 0 Å². The molecule has 0 bridgehead atoms. The zero-order valence-corrected chi connectivity index (χ0v) is 12.3. The number of aliphatic hydroxyl groups is 1. The smallest absolute Gasteiger partial charge is 0.176 e. The number of nitrogens with zero attached hydrogens (tertiary/aromatic N) is 2. The van der Waals surface area contributed by atoms with E-state index in [-0.39, 0.29) is 0 Å². The van der Waals surface area contributed by atoms with Gasteiger partial charge in [0, 0.05) is 23.3 Å². The summed E-state index contributed by atoms with van der Waals surface area (Å²) in [5.41, 5.74) is 0.550. The van der Waals surface area contributed by atoms with Crippen LogP contribution in [0.1, 0.15) is 16.9 Å². The average molecular weight is 302 g/mol. The first-order valence-electron chi connectivity index (χ1n) is 7.31. The van der Waals surface area contributed by atoms with E-state index in [1.54, 1.807) is 12.4 Å². The first kappa shape index (κ1) is 13.7. The Labute approximate surface area is 133 Å². The number of benzene rings is 2. The van der Waals surface area contributed by atoms with Gasteiger partial charge in [0.1, 0.15) is 17.7 Å². The van der Waals surface area contributed by atoms with Gasteiger partial charge in [-0.25, -0.2) is 9.97 Å². The van der Waals surface area contributed by atoms with E-state index in [1.165, 1.54) is 6.33 Å². The highest BCUT2D eigenvalue weighted by Gasteiger charge is 2.37. The van der Waals surface area contributed by atoms with Crippen LogP contribution in [-0.4, -0.2) is 15.1 Å². The number of aromatic nitrogens is 2. The second kappa shape index (κ2) is 5.34. The number of hydrogen-bond donors (Lipinski definition) is 1. The van der Waals surface area contributed by atoms with Gasteiger partial charge in [-0.05, 0) is 17.7 Å². The lowest BCUT2D eigenvalue weighted by molar-refractivity contribution is 0.100. The fraction of sp³-hybridized carbons (Fsp3) is 0.0526. The molecule has 1 N–H and O–H groups in total. The van der Waals surface area contributed by atoms with Gasteiger partial charge in [0.2, 0.25) is 0 Å². The monoisotopic (exact) mass is 302 g/mol. The van der Waals surface area contributed by atoms with Gasteiger partial charge in [0.25, 0.3) is 0 Å². The summed E-state index contributed by atoms with van der Waals surface area (Å²) in [6.07, 6.45) is 4.65. The Morgan fingerprint density at radius 3 is 2.26 bits per heavy atom. The van der Waals surface area contributed by atoms with Crippen LogP contribution in [0, 0.1) is 0 Å². The van der Waals surface area contributed by atoms with Gasteiger partial charge < -0.3 is 9.52 Å². The van der Waals surface area contributed by atoms with Crippen LogP contribution in [-0.2, 0) is 5.60 Å². The summed E-state index contributed by atoms with van der Waals surface area (Å²) in [7, 11) is 0. The Hall–Kier alpha value is -2.98. The molecule has 0 saturated carbocycles. The van der Waals surface area contributed by atoms with Crippen LogP contribution in [0.5, 0.6) is 0 Å². The Morgan fingerprint density at radius 2 is 1.52 bits per heavy atom. The fourth-order valence-electron chi connectivity index (χ4n) is 2.78. The highest BCUT2D eigenvalue weighted by atomic mass is 16.4. The lowest BCUT2D eigenvalue weighted by Gasteiger charge is -2.26. The number of hydrogen-bond acceptors (Lipinski definition) is 4. The summed E-state index contributed by atoms with van der Waals surface area (Å²) in [5.74, 6) is 0.444. The molecule has 0 aliphatic heterocycles. The molecule has 0 spiro atoms. The molecule has 1 unspecified atom stereocenters. The first-order valence-corrected chi connectivity index (χ1v) is 7.31. The van der Waals surface area contributed by atoms with Crippen molar-refractivity contribution in [3.05, 3.63) is 96.3 Å². The van der Waals surface area contributed by atoms with Crippen molar-refractivity contribution in [2.45, 2.75) is 5.60 Å². The molecule has 0 saturated heterocycles. The zero-order valence-electron chi connectivity index (χ0n) is 12.3. The van der Waals surface area contributed by atoms with E-state index in [4.69, 9.17) is 4.42 Å². The second-order valence-corrected chi connectivity index (χ2v) is 5.35. The lowest BCUT2D eigenvalue weighted by Crippen LogP contribution is -2.28. The number of furan rings is 1. The molecule has 0 fully saturated rings. The summed E-state index contributed by atoms with van der Waals surface area (Å²) in [6, 6.07) is 18.9. The molecule has 112 valence electrons. The van der Waals surface area contributed by atoms with E-state index in [1.807, 2.05) is 60.7 Å². The molecule has 0 aliphatic carbocycles.